The van der Waals surface area contributed by atoms with E-state index >= 15 is 0 Å². The van der Waals surface area contributed by atoms with Crippen LogP contribution >= 0.6 is 11.3 Å². The molecule has 4 nitrogen and oxygen atoms in total. The van der Waals surface area contributed by atoms with Gasteiger partial charge in [0.25, 0.3) is 0 Å². The SMILES string of the molecule is c1ccc(-c2cc(-c3ccc(-c4ccc5c(c4)nc(-c4ccc6c7ccccc7c7ccccc7c6c4)c4sc6ccccc6c45)cc3)cc(-c3ccccn3)n2)nc1. The van der Waals surface area contributed by atoms with Crippen LogP contribution in [0.4, 0.5) is 0 Å². The Balaban J connectivity index is 1.00. The maximum absolute atomic E-state index is 5.54. The molecule has 274 valence electrons. The molecular formula is C54H32N4S. The molecule has 0 bridgehead atoms. The van der Waals surface area contributed by atoms with Crippen molar-refractivity contribution in [2.45, 2.75) is 0 Å². The lowest BCUT2D eigenvalue weighted by Crippen LogP contribution is -1.94. The fourth-order valence-corrected chi connectivity index (χ4v) is 9.99. The maximum Gasteiger partial charge on any atom is 0.0900 e. The summed E-state index contributed by atoms with van der Waals surface area (Å²) in [5.74, 6) is 0. The Labute approximate surface area is 343 Å². The van der Waals surface area contributed by atoms with Crippen molar-refractivity contribution in [2.24, 2.45) is 0 Å². The number of nitrogens with zero attached hydrogens (tertiary/aromatic N) is 4. The molecule has 0 radical (unpaired) electrons. The van der Waals surface area contributed by atoms with Gasteiger partial charge >= 0.3 is 0 Å². The van der Waals surface area contributed by atoms with Gasteiger partial charge in [0.05, 0.1) is 38.7 Å². The van der Waals surface area contributed by atoms with Crippen LogP contribution < -0.4 is 0 Å². The molecule has 0 atom stereocenters. The minimum absolute atomic E-state index is 0.810. The lowest BCUT2D eigenvalue weighted by Gasteiger charge is -2.13. The first-order chi connectivity index (χ1) is 29.2. The summed E-state index contributed by atoms with van der Waals surface area (Å²) in [4.78, 5) is 19.7. The topological polar surface area (TPSA) is 51.6 Å². The number of hydrogen-bond donors (Lipinski definition) is 0. The van der Waals surface area contributed by atoms with Crippen LogP contribution in [-0.2, 0) is 0 Å². The molecular weight excluding hydrogens is 737 g/mol. The summed E-state index contributed by atoms with van der Waals surface area (Å²) in [7, 11) is 0. The Morgan fingerprint density at radius 1 is 0.322 bits per heavy atom. The van der Waals surface area contributed by atoms with Crippen LogP contribution in [0.5, 0.6) is 0 Å². The van der Waals surface area contributed by atoms with Gasteiger partial charge in [-0.2, -0.15) is 0 Å². The summed E-state index contributed by atoms with van der Waals surface area (Å²) in [6.45, 7) is 0. The smallest absolute Gasteiger partial charge is 0.0900 e. The predicted molar refractivity (Wildman–Crippen MR) is 248 cm³/mol. The first kappa shape index (κ1) is 33.5. The van der Waals surface area contributed by atoms with E-state index in [-0.39, 0.29) is 0 Å². The largest absolute Gasteiger partial charge is 0.255 e. The summed E-state index contributed by atoms with van der Waals surface area (Å²) in [6, 6.07) is 64.8. The van der Waals surface area contributed by atoms with Crippen molar-refractivity contribution in [1.82, 2.24) is 19.9 Å². The van der Waals surface area contributed by atoms with E-state index in [4.69, 9.17) is 9.97 Å². The van der Waals surface area contributed by atoms with Crippen molar-refractivity contribution in [2.75, 3.05) is 0 Å². The van der Waals surface area contributed by atoms with Crippen LogP contribution in [0.1, 0.15) is 0 Å². The van der Waals surface area contributed by atoms with E-state index in [1.54, 1.807) is 12.4 Å². The zero-order chi connectivity index (χ0) is 38.9. The molecule has 0 unspecified atom stereocenters. The van der Waals surface area contributed by atoms with Gasteiger partial charge in [0.1, 0.15) is 0 Å². The van der Waals surface area contributed by atoms with E-state index in [0.717, 1.165) is 61.8 Å². The van der Waals surface area contributed by atoms with Crippen molar-refractivity contribution >= 4 is 74.7 Å². The summed E-state index contributed by atoms with van der Waals surface area (Å²) < 4.78 is 2.48. The fourth-order valence-electron chi connectivity index (χ4n) is 8.76. The van der Waals surface area contributed by atoms with Crippen molar-refractivity contribution < 1.29 is 0 Å². The molecule has 0 saturated heterocycles. The molecule has 0 spiro atoms. The standard InChI is InChI=1S/C54H32N4S/c1-2-13-40-38(11-1)39-12-3-4-14-41(39)45-29-36(24-25-42(40)45)53-54-52(44-15-5-6-18-51(44)59-54)43-26-23-35(30-48(43)58-53)33-19-21-34(22-20-33)37-31-49(46-16-7-9-27-55-46)57-50(32-37)47-17-8-10-28-56-47/h1-32H. The van der Waals surface area contributed by atoms with Crippen LogP contribution in [0.3, 0.4) is 0 Å². The van der Waals surface area contributed by atoms with E-state index in [9.17, 15) is 0 Å². The highest BCUT2D eigenvalue weighted by atomic mass is 32.1. The van der Waals surface area contributed by atoms with Gasteiger partial charge in [-0.3, -0.25) is 9.97 Å². The minimum Gasteiger partial charge on any atom is -0.255 e. The second kappa shape index (κ2) is 13.5. The molecule has 0 aliphatic carbocycles. The lowest BCUT2D eigenvalue weighted by atomic mass is 9.92. The van der Waals surface area contributed by atoms with Crippen molar-refractivity contribution in [3.63, 3.8) is 0 Å². The van der Waals surface area contributed by atoms with Gasteiger partial charge in [-0.1, -0.05) is 127 Å². The molecule has 0 fully saturated rings. The minimum atomic E-state index is 0.810. The zero-order valence-corrected chi connectivity index (χ0v) is 32.5. The molecule has 0 N–H and O–H groups in total. The number of benzene rings is 7. The summed E-state index contributed by atoms with van der Waals surface area (Å²) in [5, 5.41) is 11.3. The molecule has 0 amide bonds. The van der Waals surface area contributed by atoms with Crippen molar-refractivity contribution in [3.05, 3.63) is 194 Å². The number of thiophene rings is 1. The third-order valence-electron chi connectivity index (χ3n) is 11.6. The van der Waals surface area contributed by atoms with Gasteiger partial charge in [-0.15, -0.1) is 11.3 Å². The lowest BCUT2D eigenvalue weighted by molar-refractivity contribution is 1.22. The Morgan fingerprint density at radius 3 is 1.46 bits per heavy atom. The van der Waals surface area contributed by atoms with Crippen LogP contribution in [-0.4, -0.2) is 19.9 Å². The average molecular weight is 769 g/mol. The van der Waals surface area contributed by atoms with Gasteiger partial charge in [-0.05, 0) is 109 Å². The monoisotopic (exact) mass is 768 g/mol. The quantitative estimate of drug-likeness (QED) is 0.164. The average Bonchev–Trinajstić information content (AvgIpc) is 3.72. The molecule has 59 heavy (non-hydrogen) atoms. The van der Waals surface area contributed by atoms with Gasteiger partial charge in [0.15, 0.2) is 0 Å². The second-order valence-corrected chi connectivity index (χ2v) is 16.0. The highest BCUT2D eigenvalue weighted by molar-refractivity contribution is 7.26. The van der Waals surface area contributed by atoms with Crippen LogP contribution in [0.15, 0.2) is 194 Å². The number of hydrogen-bond acceptors (Lipinski definition) is 5. The first-order valence-electron chi connectivity index (χ1n) is 19.8. The molecule has 0 saturated carbocycles. The van der Waals surface area contributed by atoms with Gasteiger partial charge < -0.3 is 0 Å². The van der Waals surface area contributed by atoms with Crippen molar-refractivity contribution in [1.29, 1.82) is 0 Å². The van der Waals surface area contributed by atoms with Gasteiger partial charge in [0.2, 0.25) is 0 Å². The maximum atomic E-state index is 5.54. The molecule has 0 aliphatic rings. The van der Waals surface area contributed by atoms with E-state index in [1.165, 1.54) is 57.9 Å². The van der Waals surface area contributed by atoms with Gasteiger partial charge in [-0.25, -0.2) is 9.97 Å². The molecule has 12 rings (SSSR count). The molecule has 5 heteroatoms. The molecule has 5 aromatic heterocycles. The molecule has 7 aromatic carbocycles. The summed E-state index contributed by atoms with van der Waals surface area (Å²) >= 11 is 1.83. The third kappa shape index (κ3) is 5.58. The normalized spacial score (nSPS) is 11.7. The zero-order valence-electron chi connectivity index (χ0n) is 31.7. The molecule has 12 aromatic rings. The van der Waals surface area contributed by atoms with Crippen LogP contribution in [0, 0.1) is 0 Å². The number of pyridine rings is 4. The Morgan fingerprint density at radius 2 is 0.831 bits per heavy atom. The Bertz CT molecular complexity index is 3500. The predicted octanol–water partition coefficient (Wildman–Crippen LogP) is 14.6. The Hall–Kier alpha value is -7.60. The van der Waals surface area contributed by atoms with E-state index < -0.39 is 0 Å². The summed E-state index contributed by atoms with van der Waals surface area (Å²) in [6.07, 6.45) is 3.61. The summed E-state index contributed by atoms with van der Waals surface area (Å²) in [5.41, 5.74) is 10.8. The molecule has 5 heterocycles. The molecule has 0 aliphatic heterocycles. The highest BCUT2D eigenvalue weighted by Crippen LogP contribution is 2.45. The van der Waals surface area contributed by atoms with E-state index in [0.29, 0.717) is 0 Å². The van der Waals surface area contributed by atoms with Gasteiger partial charge in [0, 0.05) is 38.8 Å². The van der Waals surface area contributed by atoms with Crippen LogP contribution in [0.25, 0.3) is 120 Å². The van der Waals surface area contributed by atoms with Crippen LogP contribution in [0.2, 0.25) is 0 Å². The van der Waals surface area contributed by atoms with Crippen molar-refractivity contribution in [3.8, 4) is 56.3 Å². The second-order valence-electron chi connectivity index (χ2n) is 15.0. The Kier molecular flexibility index (Phi) is 7.68. The first-order valence-corrected chi connectivity index (χ1v) is 20.6. The number of fused-ring (bicyclic) bond motifs is 11. The van der Waals surface area contributed by atoms with E-state index in [1.807, 2.05) is 47.7 Å². The fraction of sp³-hybridized carbons (Fsp3) is 0. The highest BCUT2D eigenvalue weighted by Gasteiger charge is 2.18. The third-order valence-corrected chi connectivity index (χ3v) is 12.7. The number of rotatable bonds is 5. The van der Waals surface area contributed by atoms with E-state index in [2.05, 4.69) is 156 Å². The number of aromatic nitrogens is 4.